The lowest BCUT2D eigenvalue weighted by Crippen LogP contribution is -2.45. The van der Waals surface area contributed by atoms with E-state index in [4.69, 9.17) is 4.42 Å². The summed E-state index contributed by atoms with van der Waals surface area (Å²) in [6.07, 6.45) is 5.46. The second-order valence-corrected chi connectivity index (χ2v) is 4.56. The number of furan rings is 1. The molecule has 1 aliphatic rings. The molecule has 1 fully saturated rings. The van der Waals surface area contributed by atoms with Gasteiger partial charge in [0.05, 0.1) is 12.3 Å². The molecule has 3 heteroatoms. The van der Waals surface area contributed by atoms with E-state index >= 15 is 0 Å². The van der Waals surface area contributed by atoms with E-state index in [2.05, 4.69) is 30.3 Å². The highest BCUT2D eigenvalue weighted by atomic mass is 16.3. The highest BCUT2D eigenvalue weighted by molar-refractivity contribution is 5.05. The van der Waals surface area contributed by atoms with Gasteiger partial charge in [-0.3, -0.25) is 4.90 Å². The Morgan fingerprint density at radius 1 is 1.62 bits per heavy atom. The Morgan fingerprint density at radius 2 is 2.50 bits per heavy atom. The predicted molar refractivity (Wildman–Crippen MR) is 65.4 cm³/mol. The molecule has 1 saturated heterocycles. The van der Waals surface area contributed by atoms with E-state index < -0.39 is 0 Å². The van der Waals surface area contributed by atoms with Crippen LogP contribution in [0.5, 0.6) is 0 Å². The molecule has 3 nitrogen and oxygen atoms in total. The fourth-order valence-electron chi connectivity index (χ4n) is 2.65. The summed E-state index contributed by atoms with van der Waals surface area (Å²) < 4.78 is 5.55. The third-order valence-electron chi connectivity index (χ3n) is 3.56. The van der Waals surface area contributed by atoms with Crippen molar-refractivity contribution in [3.8, 4) is 0 Å². The third kappa shape index (κ3) is 2.47. The number of likely N-dealkylation sites (tertiary alicyclic amines) is 1. The molecule has 0 spiro atoms. The Kier molecular flexibility index (Phi) is 4.02. The van der Waals surface area contributed by atoms with E-state index in [1.54, 1.807) is 6.26 Å². The summed E-state index contributed by atoms with van der Waals surface area (Å²) >= 11 is 0. The van der Waals surface area contributed by atoms with Crippen LogP contribution in [0.1, 0.15) is 38.0 Å². The zero-order chi connectivity index (χ0) is 11.4. The van der Waals surface area contributed by atoms with Crippen LogP contribution < -0.4 is 5.32 Å². The highest BCUT2D eigenvalue weighted by Crippen LogP contribution is 2.27. The van der Waals surface area contributed by atoms with Crippen LogP contribution >= 0.6 is 0 Å². The van der Waals surface area contributed by atoms with Crippen molar-refractivity contribution in [2.75, 3.05) is 20.1 Å². The zero-order valence-corrected chi connectivity index (χ0v) is 10.3. The van der Waals surface area contributed by atoms with E-state index in [-0.39, 0.29) is 0 Å². The topological polar surface area (TPSA) is 28.4 Å². The van der Waals surface area contributed by atoms with E-state index in [0.717, 1.165) is 18.7 Å². The van der Waals surface area contributed by atoms with Crippen LogP contribution in [0, 0.1) is 0 Å². The lowest BCUT2D eigenvalue weighted by molar-refractivity contribution is 0.121. The summed E-state index contributed by atoms with van der Waals surface area (Å²) in [5.41, 5.74) is 0. The first kappa shape index (κ1) is 11.7. The maximum atomic E-state index is 5.55. The number of hydrogen-bond acceptors (Lipinski definition) is 3. The first-order valence-electron chi connectivity index (χ1n) is 6.30. The van der Waals surface area contributed by atoms with Gasteiger partial charge in [0.15, 0.2) is 0 Å². The van der Waals surface area contributed by atoms with Gasteiger partial charge >= 0.3 is 0 Å². The number of piperidine rings is 1. The summed E-state index contributed by atoms with van der Waals surface area (Å²) in [6, 6.07) is 5.16. The van der Waals surface area contributed by atoms with Gasteiger partial charge in [-0.25, -0.2) is 0 Å². The molecule has 90 valence electrons. The molecule has 0 bridgehead atoms. The van der Waals surface area contributed by atoms with Crippen molar-refractivity contribution in [1.29, 1.82) is 0 Å². The maximum absolute atomic E-state index is 5.55. The average Bonchev–Trinajstić information content (AvgIpc) is 2.84. The molecule has 16 heavy (non-hydrogen) atoms. The minimum absolute atomic E-state index is 0.450. The average molecular weight is 222 g/mol. The van der Waals surface area contributed by atoms with E-state index in [1.165, 1.54) is 19.4 Å². The molecule has 2 heterocycles. The second-order valence-electron chi connectivity index (χ2n) is 4.56. The van der Waals surface area contributed by atoms with Gasteiger partial charge < -0.3 is 9.73 Å². The summed E-state index contributed by atoms with van der Waals surface area (Å²) in [6.45, 7) is 4.56. The smallest absolute Gasteiger partial charge is 0.120 e. The molecule has 2 atom stereocenters. The molecule has 1 aliphatic heterocycles. The Bertz CT molecular complexity index is 297. The number of hydrogen-bond donors (Lipinski definition) is 1. The molecule has 0 amide bonds. The van der Waals surface area contributed by atoms with Crippen LogP contribution in [0.25, 0.3) is 0 Å². The number of nitrogens with one attached hydrogen (secondary N) is 1. The quantitative estimate of drug-likeness (QED) is 0.848. The SMILES string of the molecule is CCC(c1ccco1)N1CCCC(NC)C1. The fourth-order valence-corrected chi connectivity index (χ4v) is 2.65. The van der Waals surface area contributed by atoms with Gasteiger partial charge in [0.2, 0.25) is 0 Å². The molecular weight excluding hydrogens is 200 g/mol. The fraction of sp³-hybridized carbons (Fsp3) is 0.692. The monoisotopic (exact) mass is 222 g/mol. The molecular formula is C13H22N2O. The van der Waals surface area contributed by atoms with Crippen molar-refractivity contribution in [3.05, 3.63) is 24.2 Å². The van der Waals surface area contributed by atoms with Gasteiger partial charge in [-0.2, -0.15) is 0 Å². The Hall–Kier alpha value is -0.800. The summed E-state index contributed by atoms with van der Waals surface area (Å²) in [4.78, 5) is 2.55. The Morgan fingerprint density at radius 3 is 3.12 bits per heavy atom. The second kappa shape index (κ2) is 5.51. The molecule has 2 rings (SSSR count). The summed E-state index contributed by atoms with van der Waals surface area (Å²) in [7, 11) is 2.06. The van der Waals surface area contributed by atoms with Gasteiger partial charge in [0.1, 0.15) is 5.76 Å². The van der Waals surface area contributed by atoms with Crippen molar-refractivity contribution in [1.82, 2.24) is 10.2 Å². The molecule has 1 aromatic heterocycles. The van der Waals surface area contributed by atoms with Gasteiger partial charge in [-0.15, -0.1) is 0 Å². The maximum Gasteiger partial charge on any atom is 0.120 e. The van der Waals surface area contributed by atoms with E-state index in [1.807, 2.05) is 6.07 Å². The van der Waals surface area contributed by atoms with Crippen LogP contribution in [-0.4, -0.2) is 31.1 Å². The number of nitrogens with zero attached hydrogens (tertiary/aromatic N) is 1. The number of rotatable bonds is 4. The molecule has 1 aromatic rings. The predicted octanol–water partition coefficient (Wildman–Crippen LogP) is 2.41. The molecule has 0 saturated carbocycles. The normalized spacial score (nSPS) is 24.5. The lowest BCUT2D eigenvalue weighted by Gasteiger charge is -2.37. The van der Waals surface area contributed by atoms with E-state index in [9.17, 15) is 0 Å². The summed E-state index contributed by atoms with van der Waals surface area (Å²) in [5.74, 6) is 1.11. The van der Waals surface area contributed by atoms with Crippen molar-refractivity contribution in [3.63, 3.8) is 0 Å². The van der Waals surface area contributed by atoms with Crippen LogP contribution in [-0.2, 0) is 0 Å². The van der Waals surface area contributed by atoms with Crippen LogP contribution in [0.2, 0.25) is 0 Å². The van der Waals surface area contributed by atoms with Crippen LogP contribution in [0.3, 0.4) is 0 Å². The molecule has 0 aliphatic carbocycles. The molecule has 0 aromatic carbocycles. The van der Waals surface area contributed by atoms with Gasteiger partial charge in [-0.05, 0) is 45.0 Å². The van der Waals surface area contributed by atoms with Gasteiger partial charge in [0.25, 0.3) is 0 Å². The molecule has 0 radical (unpaired) electrons. The standard InChI is InChI=1S/C13H22N2O/c1-3-12(13-7-5-9-16-13)15-8-4-6-11(10-15)14-2/h5,7,9,11-12,14H,3-4,6,8,10H2,1-2H3. The minimum atomic E-state index is 0.450. The van der Waals surface area contributed by atoms with E-state index in [0.29, 0.717) is 12.1 Å². The third-order valence-corrected chi connectivity index (χ3v) is 3.56. The van der Waals surface area contributed by atoms with Crippen molar-refractivity contribution in [2.45, 2.75) is 38.3 Å². The van der Waals surface area contributed by atoms with Crippen molar-refractivity contribution >= 4 is 0 Å². The largest absolute Gasteiger partial charge is 0.468 e. The van der Waals surface area contributed by atoms with Crippen LogP contribution in [0.4, 0.5) is 0 Å². The van der Waals surface area contributed by atoms with Crippen LogP contribution in [0.15, 0.2) is 22.8 Å². The highest BCUT2D eigenvalue weighted by Gasteiger charge is 2.26. The Balaban J connectivity index is 2.03. The molecule has 2 unspecified atom stereocenters. The Labute approximate surface area is 97.8 Å². The van der Waals surface area contributed by atoms with Crippen molar-refractivity contribution < 1.29 is 4.42 Å². The van der Waals surface area contributed by atoms with Gasteiger partial charge in [-0.1, -0.05) is 6.92 Å². The lowest BCUT2D eigenvalue weighted by atomic mass is 10.0. The number of likely N-dealkylation sites (N-methyl/N-ethyl adjacent to an activating group) is 1. The van der Waals surface area contributed by atoms with Gasteiger partial charge in [0, 0.05) is 12.6 Å². The molecule has 1 N–H and O–H groups in total. The van der Waals surface area contributed by atoms with Crippen molar-refractivity contribution in [2.24, 2.45) is 0 Å². The zero-order valence-electron chi connectivity index (χ0n) is 10.3. The first-order chi connectivity index (χ1) is 7.85. The summed E-state index contributed by atoms with van der Waals surface area (Å²) in [5, 5.41) is 3.39. The first-order valence-corrected chi connectivity index (χ1v) is 6.30. The minimum Gasteiger partial charge on any atom is -0.468 e.